The van der Waals surface area contributed by atoms with Crippen molar-refractivity contribution in [3.63, 3.8) is 0 Å². The molecule has 0 heterocycles. The summed E-state index contributed by atoms with van der Waals surface area (Å²) in [7, 11) is 3.19. The van der Waals surface area contributed by atoms with Crippen LogP contribution in [0.2, 0.25) is 0 Å². The minimum Gasteiger partial charge on any atom is -0.491 e. The Hall–Kier alpha value is -1.87. The summed E-state index contributed by atoms with van der Waals surface area (Å²) >= 11 is 0. The van der Waals surface area contributed by atoms with Crippen LogP contribution in [-0.2, 0) is 23.7 Å². The molecule has 0 atom stereocenters. The highest BCUT2D eigenvalue weighted by molar-refractivity contribution is 5.27. The third kappa shape index (κ3) is 10.2. The average Bonchev–Trinajstić information content (AvgIpc) is 2.67. The molecule has 1 rings (SSSR count). The van der Waals surface area contributed by atoms with E-state index in [9.17, 15) is 0 Å². The smallest absolute Gasteiger partial charge is 0.183 e. The topological polar surface area (TPSA) is 104 Å². The Morgan fingerprint density at radius 3 is 1.92 bits per heavy atom. The van der Waals surface area contributed by atoms with Gasteiger partial charge in [0.25, 0.3) is 0 Å². The molecule has 0 bridgehead atoms. The van der Waals surface area contributed by atoms with E-state index < -0.39 is 0 Å². The van der Waals surface area contributed by atoms with Crippen LogP contribution >= 0.6 is 0 Å². The number of methoxy groups -OCH3 is 2. The summed E-state index contributed by atoms with van der Waals surface area (Å²) in [6.07, 6.45) is -0.371. The van der Waals surface area contributed by atoms with Crippen LogP contribution in [0.4, 0.5) is 0 Å². The largest absolute Gasteiger partial charge is 0.491 e. The van der Waals surface area contributed by atoms with E-state index in [0.29, 0.717) is 52.8 Å². The summed E-state index contributed by atoms with van der Waals surface area (Å²) in [4.78, 5) is 2.63. The molecule has 0 amide bonds. The number of ether oxygens (including phenoxy) is 6. The lowest BCUT2D eigenvalue weighted by molar-refractivity contribution is -0.106. The molecule has 9 nitrogen and oxygen atoms in total. The Balaban J connectivity index is 1.96. The SMILES string of the molecule is COC(OC)c1ccc(OCCOCCOCCOCCN=[N+]=[N-])cc1. The summed E-state index contributed by atoms with van der Waals surface area (Å²) in [5, 5.41) is 3.36. The third-order valence-electron chi connectivity index (χ3n) is 3.22. The van der Waals surface area contributed by atoms with E-state index in [4.69, 9.17) is 34.0 Å². The van der Waals surface area contributed by atoms with Crippen LogP contribution in [0.15, 0.2) is 29.4 Å². The molecule has 0 aliphatic carbocycles. The molecule has 9 heteroatoms. The minimum atomic E-state index is -0.371. The quantitative estimate of drug-likeness (QED) is 0.146. The lowest BCUT2D eigenvalue weighted by Gasteiger charge is -2.14. The fourth-order valence-corrected chi connectivity index (χ4v) is 2.00. The molecule has 26 heavy (non-hydrogen) atoms. The fraction of sp³-hybridized carbons (Fsp3) is 0.647. The monoisotopic (exact) mass is 369 g/mol. The van der Waals surface area contributed by atoms with Crippen LogP contribution < -0.4 is 4.74 Å². The molecule has 0 spiro atoms. The Bertz CT molecular complexity index is 504. The number of hydrogen-bond donors (Lipinski definition) is 0. The molecule has 0 fully saturated rings. The first-order valence-electron chi connectivity index (χ1n) is 8.34. The standard InChI is InChI=1S/C17H27N3O6/c1-21-17(22-2)15-3-5-16(6-4-15)26-14-13-25-12-11-24-10-9-23-8-7-19-20-18/h3-6,17H,7-14H2,1-2H3. The average molecular weight is 369 g/mol. The zero-order valence-electron chi connectivity index (χ0n) is 15.3. The van der Waals surface area contributed by atoms with E-state index in [-0.39, 0.29) is 6.29 Å². The van der Waals surface area contributed by atoms with Crippen molar-refractivity contribution >= 4 is 0 Å². The normalized spacial score (nSPS) is 10.7. The van der Waals surface area contributed by atoms with Crippen molar-refractivity contribution in [2.24, 2.45) is 5.11 Å². The van der Waals surface area contributed by atoms with Crippen LogP contribution in [-0.4, -0.2) is 67.0 Å². The Morgan fingerprint density at radius 1 is 0.846 bits per heavy atom. The molecule has 0 radical (unpaired) electrons. The van der Waals surface area contributed by atoms with Gasteiger partial charge in [0.1, 0.15) is 12.4 Å². The first-order chi connectivity index (χ1) is 12.8. The second-order valence-corrected chi connectivity index (χ2v) is 5.01. The number of nitrogens with zero attached hydrogens (tertiary/aromatic N) is 3. The maximum atomic E-state index is 8.09. The number of rotatable bonds is 16. The van der Waals surface area contributed by atoms with Crippen LogP contribution in [0.1, 0.15) is 11.9 Å². The van der Waals surface area contributed by atoms with Gasteiger partial charge in [0.15, 0.2) is 6.29 Å². The van der Waals surface area contributed by atoms with E-state index >= 15 is 0 Å². The van der Waals surface area contributed by atoms with E-state index in [2.05, 4.69) is 10.0 Å². The fourth-order valence-electron chi connectivity index (χ4n) is 2.00. The predicted molar refractivity (Wildman–Crippen MR) is 95.2 cm³/mol. The lowest BCUT2D eigenvalue weighted by atomic mass is 10.2. The summed E-state index contributed by atoms with van der Waals surface area (Å²) in [5.74, 6) is 0.762. The van der Waals surface area contributed by atoms with E-state index in [1.807, 2.05) is 24.3 Å². The molecule has 1 aromatic carbocycles. The Kier molecular flexibility index (Phi) is 13.1. The zero-order valence-corrected chi connectivity index (χ0v) is 15.3. The summed E-state index contributed by atoms with van der Waals surface area (Å²) in [6.45, 7) is 3.60. The minimum absolute atomic E-state index is 0.335. The molecule has 0 saturated heterocycles. The highest BCUT2D eigenvalue weighted by atomic mass is 16.7. The zero-order chi connectivity index (χ0) is 18.9. The van der Waals surface area contributed by atoms with Crippen molar-refractivity contribution in [2.45, 2.75) is 6.29 Å². The van der Waals surface area contributed by atoms with Crippen molar-refractivity contribution in [3.8, 4) is 5.75 Å². The lowest BCUT2D eigenvalue weighted by Crippen LogP contribution is -2.13. The number of azide groups is 1. The van der Waals surface area contributed by atoms with E-state index in [1.165, 1.54) is 0 Å². The van der Waals surface area contributed by atoms with Crippen molar-refractivity contribution < 1.29 is 28.4 Å². The van der Waals surface area contributed by atoms with Gasteiger partial charge in [-0.25, -0.2) is 0 Å². The molecule has 1 aromatic rings. The van der Waals surface area contributed by atoms with Crippen molar-refractivity contribution in [3.05, 3.63) is 40.3 Å². The summed E-state index contributed by atoms with van der Waals surface area (Å²) in [5.41, 5.74) is 9.02. The second kappa shape index (κ2) is 15.4. The molecule has 0 aliphatic rings. The molecule has 0 N–H and O–H groups in total. The molecule has 0 aliphatic heterocycles. The van der Waals surface area contributed by atoms with Gasteiger partial charge >= 0.3 is 0 Å². The van der Waals surface area contributed by atoms with Gasteiger partial charge in [-0.15, -0.1) is 0 Å². The van der Waals surface area contributed by atoms with Crippen LogP contribution in [0.25, 0.3) is 10.4 Å². The van der Waals surface area contributed by atoms with Gasteiger partial charge in [-0.05, 0) is 17.7 Å². The van der Waals surface area contributed by atoms with Crippen molar-refractivity contribution in [1.29, 1.82) is 0 Å². The van der Waals surface area contributed by atoms with Crippen LogP contribution in [0.3, 0.4) is 0 Å². The summed E-state index contributed by atoms with van der Waals surface area (Å²) in [6, 6.07) is 7.53. The molecule has 146 valence electrons. The number of benzene rings is 1. The highest BCUT2D eigenvalue weighted by Crippen LogP contribution is 2.20. The third-order valence-corrected chi connectivity index (χ3v) is 3.22. The second-order valence-electron chi connectivity index (χ2n) is 5.01. The summed E-state index contributed by atoms with van der Waals surface area (Å²) < 4.78 is 31.9. The van der Waals surface area contributed by atoms with Gasteiger partial charge in [-0.2, -0.15) is 0 Å². The molecule has 0 aromatic heterocycles. The predicted octanol–water partition coefficient (Wildman–Crippen LogP) is 2.72. The van der Waals surface area contributed by atoms with Crippen molar-refractivity contribution in [1.82, 2.24) is 0 Å². The van der Waals surface area contributed by atoms with Crippen molar-refractivity contribution in [2.75, 3.05) is 67.0 Å². The van der Waals surface area contributed by atoms with Gasteiger partial charge in [0.2, 0.25) is 0 Å². The maximum Gasteiger partial charge on any atom is 0.183 e. The molecule has 0 unspecified atom stereocenters. The molecular formula is C17H27N3O6. The highest BCUT2D eigenvalue weighted by Gasteiger charge is 2.08. The molecular weight excluding hydrogens is 342 g/mol. The first kappa shape index (κ1) is 22.2. The van der Waals surface area contributed by atoms with E-state index in [1.54, 1.807) is 14.2 Å². The first-order valence-corrected chi connectivity index (χ1v) is 8.34. The van der Waals surface area contributed by atoms with Gasteiger partial charge < -0.3 is 28.4 Å². The van der Waals surface area contributed by atoms with Gasteiger partial charge in [-0.1, -0.05) is 17.2 Å². The van der Waals surface area contributed by atoms with Crippen LogP contribution in [0, 0.1) is 0 Å². The maximum absolute atomic E-state index is 8.09. The van der Waals surface area contributed by atoms with Gasteiger partial charge in [-0.3, -0.25) is 0 Å². The van der Waals surface area contributed by atoms with Gasteiger partial charge in [0.05, 0.1) is 39.6 Å². The van der Waals surface area contributed by atoms with Crippen LogP contribution in [0.5, 0.6) is 5.75 Å². The Morgan fingerprint density at radius 2 is 1.38 bits per heavy atom. The Labute approximate surface area is 153 Å². The number of hydrogen-bond acceptors (Lipinski definition) is 7. The van der Waals surface area contributed by atoms with Gasteiger partial charge in [0, 0.05) is 31.2 Å². The van der Waals surface area contributed by atoms with E-state index in [0.717, 1.165) is 11.3 Å². The molecule has 0 saturated carbocycles.